The minimum absolute atomic E-state index is 0.268. The smallest absolute Gasteiger partial charge is 0.156 e. The van der Waals surface area contributed by atoms with E-state index in [1.165, 1.54) is 0 Å². The third-order valence-corrected chi connectivity index (χ3v) is 3.41. The van der Waals surface area contributed by atoms with Gasteiger partial charge in [0.15, 0.2) is 5.75 Å². The number of ether oxygens (including phenoxy) is 1. The van der Waals surface area contributed by atoms with Crippen molar-refractivity contribution in [3.63, 3.8) is 0 Å². The molecular formula is C15H23Cl2NO2. The first kappa shape index (κ1) is 17.6. The molecule has 0 fully saturated rings. The van der Waals surface area contributed by atoms with Gasteiger partial charge in [0.1, 0.15) is 0 Å². The van der Waals surface area contributed by atoms with Gasteiger partial charge in [-0.3, -0.25) is 0 Å². The molecule has 1 rings (SSSR count). The standard InChI is InChI=1S/C15H23Cl2NO2/c1-2-8-20-15-13(16)9-12(10-14(15)17)11-18-6-4-3-5-7-19/h9-10,18-19H,2-8,11H2,1H3. The Balaban J connectivity index is 2.43. The van der Waals surface area contributed by atoms with Crippen molar-refractivity contribution >= 4 is 23.2 Å². The molecule has 3 nitrogen and oxygen atoms in total. The highest BCUT2D eigenvalue weighted by atomic mass is 35.5. The van der Waals surface area contributed by atoms with E-state index in [0.29, 0.717) is 22.4 Å². The highest BCUT2D eigenvalue weighted by molar-refractivity contribution is 6.37. The van der Waals surface area contributed by atoms with Crippen molar-refractivity contribution in [2.45, 2.75) is 39.2 Å². The zero-order valence-electron chi connectivity index (χ0n) is 11.9. The first-order chi connectivity index (χ1) is 9.69. The number of nitrogens with one attached hydrogen (secondary N) is 1. The number of unbranched alkanes of at least 4 members (excludes halogenated alkanes) is 2. The van der Waals surface area contributed by atoms with E-state index >= 15 is 0 Å². The van der Waals surface area contributed by atoms with Crippen molar-refractivity contribution in [3.05, 3.63) is 27.7 Å². The van der Waals surface area contributed by atoms with Crippen LogP contribution in [-0.2, 0) is 6.54 Å². The molecule has 2 N–H and O–H groups in total. The lowest BCUT2D eigenvalue weighted by atomic mass is 10.2. The molecule has 20 heavy (non-hydrogen) atoms. The topological polar surface area (TPSA) is 41.5 Å². The summed E-state index contributed by atoms with van der Waals surface area (Å²) in [5.41, 5.74) is 1.05. The van der Waals surface area contributed by atoms with Crippen LogP contribution in [-0.4, -0.2) is 24.9 Å². The first-order valence-electron chi connectivity index (χ1n) is 7.11. The van der Waals surface area contributed by atoms with Gasteiger partial charge in [-0.2, -0.15) is 0 Å². The molecular weight excluding hydrogens is 297 g/mol. The van der Waals surface area contributed by atoms with Crippen LogP contribution < -0.4 is 10.1 Å². The molecule has 0 aliphatic rings. The van der Waals surface area contributed by atoms with Gasteiger partial charge >= 0.3 is 0 Å². The van der Waals surface area contributed by atoms with Gasteiger partial charge in [0.2, 0.25) is 0 Å². The van der Waals surface area contributed by atoms with Gasteiger partial charge in [-0.15, -0.1) is 0 Å². The molecule has 0 spiro atoms. The lowest BCUT2D eigenvalue weighted by molar-refractivity contribution is 0.283. The average Bonchev–Trinajstić information content (AvgIpc) is 2.42. The molecule has 1 aromatic carbocycles. The second-order valence-corrected chi connectivity index (χ2v) is 5.51. The molecule has 0 heterocycles. The van der Waals surface area contributed by atoms with Crippen molar-refractivity contribution in [3.8, 4) is 5.75 Å². The summed E-state index contributed by atoms with van der Waals surface area (Å²) in [6.07, 6.45) is 3.88. The molecule has 0 aliphatic heterocycles. The zero-order chi connectivity index (χ0) is 14.8. The van der Waals surface area contributed by atoms with E-state index in [9.17, 15) is 0 Å². The van der Waals surface area contributed by atoms with E-state index in [1.54, 1.807) is 0 Å². The third-order valence-electron chi connectivity index (χ3n) is 2.85. The van der Waals surface area contributed by atoms with Gasteiger partial charge < -0.3 is 15.2 Å². The SMILES string of the molecule is CCCOc1c(Cl)cc(CNCCCCCO)cc1Cl. The summed E-state index contributed by atoms with van der Waals surface area (Å²) in [5, 5.41) is 13.1. The Morgan fingerprint density at radius 1 is 1.15 bits per heavy atom. The number of hydrogen-bond donors (Lipinski definition) is 2. The van der Waals surface area contributed by atoms with E-state index in [-0.39, 0.29) is 6.61 Å². The zero-order valence-corrected chi connectivity index (χ0v) is 13.4. The number of benzene rings is 1. The Labute approximate surface area is 131 Å². The summed E-state index contributed by atoms with van der Waals surface area (Å²) in [6, 6.07) is 3.78. The Morgan fingerprint density at radius 2 is 1.85 bits per heavy atom. The van der Waals surface area contributed by atoms with Crippen molar-refractivity contribution in [1.29, 1.82) is 0 Å². The molecule has 0 saturated carbocycles. The van der Waals surface area contributed by atoms with Crippen LogP contribution in [0.1, 0.15) is 38.2 Å². The summed E-state index contributed by atoms with van der Waals surface area (Å²) in [6.45, 7) is 4.57. The van der Waals surface area contributed by atoms with Crippen LogP contribution in [0, 0.1) is 0 Å². The molecule has 114 valence electrons. The fraction of sp³-hybridized carbons (Fsp3) is 0.600. The molecule has 5 heteroatoms. The van der Waals surface area contributed by atoms with E-state index < -0.39 is 0 Å². The summed E-state index contributed by atoms with van der Waals surface area (Å²) in [5.74, 6) is 0.571. The molecule has 1 aromatic rings. The van der Waals surface area contributed by atoms with Crippen molar-refractivity contribution in [1.82, 2.24) is 5.32 Å². The number of aliphatic hydroxyl groups excluding tert-OH is 1. The normalized spacial score (nSPS) is 10.8. The molecule has 0 saturated heterocycles. The largest absolute Gasteiger partial charge is 0.490 e. The molecule has 0 bridgehead atoms. The lowest BCUT2D eigenvalue weighted by Crippen LogP contribution is -2.14. The quantitative estimate of drug-likeness (QED) is 0.640. The minimum Gasteiger partial charge on any atom is -0.490 e. The van der Waals surface area contributed by atoms with Gasteiger partial charge in [0.05, 0.1) is 16.7 Å². The highest BCUT2D eigenvalue weighted by Crippen LogP contribution is 2.34. The van der Waals surface area contributed by atoms with E-state index in [4.69, 9.17) is 33.0 Å². The van der Waals surface area contributed by atoms with Crippen LogP contribution in [0.4, 0.5) is 0 Å². The summed E-state index contributed by atoms with van der Waals surface area (Å²) < 4.78 is 5.53. The van der Waals surface area contributed by atoms with E-state index in [2.05, 4.69) is 5.32 Å². The summed E-state index contributed by atoms with van der Waals surface area (Å²) in [7, 11) is 0. The average molecular weight is 320 g/mol. The molecule has 0 radical (unpaired) electrons. The number of aliphatic hydroxyl groups is 1. The fourth-order valence-electron chi connectivity index (χ4n) is 1.83. The Morgan fingerprint density at radius 3 is 2.45 bits per heavy atom. The second kappa shape index (κ2) is 10.3. The molecule has 0 amide bonds. The Kier molecular flexibility index (Phi) is 9.03. The van der Waals surface area contributed by atoms with Crippen molar-refractivity contribution in [2.24, 2.45) is 0 Å². The maximum atomic E-state index is 8.69. The predicted octanol–water partition coefficient (Wildman–Crippen LogP) is 4.03. The predicted molar refractivity (Wildman–Crippen MR) is 84.9 cm³/mol. The maximum Gasteiger partial charge on any atom is 0.156 e. The number of halogens is 2. The number of rotatable bonds is 10. The maximum absolute atomic E-state index is 8.69. The minimum atomic E-state index is 0.268. The Bertz CT molecular complexity index is 376. The van der Waals surface area contributed by atoms with E-state index in [0.717, 1.165) is 44.3 Å². The molecule has 0 atom stereocenters. The van der Waals surface area contributed by atoms with Gasteiger partial charge in [0, 0.05) is 13.2 Å². The van der Waals surface area contributed by atoms with Gasteiger partial charge in [-0.25, -0.2) is 0 Å². The first-order valence-corrected chi connectivity index (χ1v) is 7.87. The van der Waals surface area contributed by atoms with Crippen molar-refractivity contribution in [2.75, 3.05) is 19.8 Å². The van der Waals surface area contributed by atoms with Crippen LogP contribution in [0.2, 0.25) is 10.0 Å². The molecule has 0 aromatic heterocycles. The Hall–Kier alpha value is -0.480. The highest BCUT2D eigenvalue weighted by Gasteiger charge is 2.09. The fourth-order valence-corrected chi connectivity index (χ4v) is 2.47. The van der Waals surface area contributed by atoms with Crippen LogP contribution in [0.25, 0.3) is 0 Å². The van der Waals surface area contributed by atoms with Gasteiger partial charge in [-0.1, -0.05) is 30.1 Å². The second-order valence-electron chi connectivity index (χ2n) is 4.70. The molecule has 0 aliphatic carbocycles. The van der Waals surface area contributed by atoms with Crippen molar-refractivity contribution < 1.29 is 9.84 Å². The van der Waals surface area contributed by atoms with Crippen LogP contribution in [0.5, 0.6) is 5.75 Å². The lowest BCUT2D eigenvalue weighted by Gasteiger charge is -2.11. The third kappa shape index (κ3) is 6.31. The van der Waals surface area contributed by atoms with Crippen LogP contribution >= 0.6 is 23.2 Å². The van der Waals surface area contributed by atoms with Gasteiger partial charge in [-0.05, 0) is 49.9 Å². The monoisotopic (exact) mass is 319 g/mol. The summed E-state index contributed by atoms with van der Waals surface area (Å²) >= 11 is 12.4. The van der Waals surface area contributed by atoms with Crippen LogP contribution in [0.15, 0.2) is 12.1 Å². The van der Waals surface area contributed by atoms with Crippen LogP contribution in [0.3, 0.4) is 0 Å². The number of hydrogen-bond acceptors (Lipinski definition) is 3. The molecule has 0 unspecified atom stereocenters. The summed E-state index contributed by atoms with van der Waals surface area (Å²) in [4.78, 5) is 0. The van der Waals surface area contributed by atoms with Gasteiger partial charge in [0.25, 0.3) is 0 Å². The van der Waals surface area contributed by atoms with E-state index in [1.807, 2.05) is 19.1 Å².